The molecule has 0 saturated carbocycles. The van der Waals surface area contributed by atoms with Crippen LogP contribution >= 0.6 is 11.6 Å². The molecule has 3 aromatic rings. The molecule has 2 aromatic carbocycles. The van der Waals surface area contributed by atoms with Crippen LogP contribution < -0.4 is 5.32 Å². The number of halogens is 2. The standard InChI is InChI=1S/C17H12ClFN2O2/c1-10(22)21-9-15(14-6-5-11(18)7-16(14)21)17(23)20-13-4-2-3-12(19)8-13/h2-9H,1H3,(H,20,23). The molecule has 4 nitrogen and oxygen atoms in total. The first-order valence-corrected chi connectivity index (χ1v) is 7.22. The molecule has 1 N–H and O–H groups in total. The van der Waals surface area contributed by atoms with Crippen molar-refractivity contribution in [3.8, 4) is 0 Å². The largest absolute Gasteiger partial charge is 0.322 e. The van der Waals surface area contributed by atoms with Crippen molar-refractivity contribution in [3.05, 3.63) is 65.1 Å². The van der Waals surface area contributed by atoms with Gasteiger partial charge in [-0.05, 0) is 30.3 Å². The minimum atomic E-state index is -0.444. The predicted octanol–water partition coefficient (Wildman–Crippen LogP) is 4.35. The van der Waals surface area contributed by atoms with E-state index in [4.69, 9.17) is 11.6 Å². The number of carbonyl (C=O) groups excluding carboxylic acids is 2. The maximum absolute atomic E-state index is 13.2. The van der Waals surface area contributed by atoms with E-state index in [9.17, 15) is 14.0 Å². The van der Waals surface area contributed by atoms with Crippen LogP contribution in [0.1, 0.15) is 22.1 Å². The Morgan fingerprint density at radius 1 is 1.17 bits per heavy atom. The maximum atomic E-state index is 13.2. The van der Waals surface area contributed by atoms with Crippen molar-refractivity contribution in [1.29, 1.82) is 0 Å². The summed E-state index contributed by atoms with van der Waals surface area (Å²) in [5.41, 5.74) is 1.21. The lowest BCUT2D eigenvalue weighted by Gasteiger charge is -2.04. The smallest absolute Gasteiger partial charge is 0.257 e. The number of rotatable bonds is 2. The Labute approximate surface area is 136 Å². The third kappa shape index (κ3) is 2.96. The number of benzene rings is 2. The second-order valence-corrected chi connectivity index (χ2v) is 5.49. The monoisotopic (exact) mass is 330 g/mol. The molecule has 0 radical (unpaired) electrons. The third-order valence-corrected chi connectivity index (χ3v) is 3.67. The highest BCUT2D eigenvalue weighted by Crippen LogP contribution is 2.25. The zero-order valence-corrected chi connectivity index (χ0v) is 12.9. The van der Waals surface area contributed by atoms with Crippen LogP contribution in [0.3, 0.4) is 0 Å². The van der Waals surface area contributed by atoms with Crippen LogP contribution in [0.5, 0.6) is 0 Å². The summed E-state index contributed by atoms with van der Waals surface area (Å²) in [5.74, 6) is -1.11. The zero-order valence-electron chi connectivity index (χ0n) is 12.1. The van der Waals surface area contributed by atoms with Crippen molar-refractivity contribution in [1.82, 2.24) is 4.57 Å². The molecule has 1 amide bonds. The highest BCUT2D eigenvalue weighted by molar-refractivity contribution is 6.31. The summed E-state index contributed by atoms with van der Waals surface area (Å²) in [6, 6.07) is 10.5. The maximum Gasteiger partial charge on any atom is 0.257 e. The quantitative estimate of drug-likeness (QED) is 0.759. The molecule has 1 heterocycles. The van der Waals surface area contributed by atoms with E-state index in [1.165, 1.54) is 35.9 Å². The van der Waals surface area contributed by atoms with Crippen LogP contribution in [0.4, 0.5) is 10.1 Å². The molecular formula is C17H12ClFN2O2. The normalized spacial score (nSPS) is 10.7. The molecule has 0 aliphatic carbocycles. The highest BCUT2D eigenvalue weighted by Gasteiger charge is 2.17. The Balaban J connectivity index is 2.05. The van der Waals surface area contributed by atoms with E-state index >= 15 is 0 Å². The van der Waals surface area contributed by atoms with Crippen LogP contribution in [-0.4, -0.2) is 16.4 Å². The van der Waals surface area contributed by atoms with Crippen molar-refractivity contribution in [2.45, 2.75) is 6.92 Å². The van der Waals surface area contributed by atoms with Gasteiger partial charge in [0.25, 0.3) is 5.91 Å². The molecule has 116 valence electrons. The minimum Gasteiger partial charge on any atom is -0.322 e. The molecule has 0 aliphatic rings. The van der Waals surface area contributed by atoms with Crippen LogP contribution in [0.2, 0.25) is 5.02 Å². The van der Waals surface area contributed by atoms with Gasteiger partial charge in [0.05, 0.1) is 11.1 Å². The number of nitrogens with zero attached hydrogens (tertiary/aromatic N) is 1. The fraction of sp³-hybridized carbons (Fsp3) is 0.0588. The molecule has 6 heteroatoms. The van der Waals surface area contributed by atoms with Gasteiger partial charge in [-0.15, -0.1) is 0 Å². The lowest BCUT2D eigenvalue weighted by atomic mass is 10.1. The average molecular weight is 331 g/mol. The van der Waals surface area contributed by atoms with Crippen molar-refractivity contribution < 1.29 is 14.0 Å². The van der Waals surface area contributed by atoms with Crippen molar-refractivity contribution in [2.24, 2.45) is 0 Å². The molecule has 0 atom stereocenters. The molecule has 0 saturated heterocycles. The lowest BCUT2D eigenvalue weighted by molar-refractivity contribution is 0.0941. The predicted molar refractivity (Wildman–Crippen MR) is 87.6 cm³/mol. The van der Waals surface area contributed by atoms with Gasteiger partial charge in [0.15, 0.2) is 0 Å². The first-order chi connectivity index (χ1) is 11.0. The topological polar surface area (TPSA) is 51.1 Å². The highest BCUT2D eigenvalue weighted by atomic mass is 35.5. The van der Waals surface area contributed by atoms with Crippen LogP contribution in [0.25, 0.3) is 10.9 Å². The Morgan fingerprint density at radius 2 is 1.96 bits per heavy atom. The Morgan fingerprint density at radius 3 is 2.65 bits per heavy atom. The van der Waals surface area contributed by atoms with Crippen molar-refractivity contribution in [3.63, 3.8) is 0 Å². The summed E-state index contributed by atoms with van der Waals surface area (Å²) < 4.78 is 14.6. The number of hydrogen-bond acceptors (Lipinski definition) is 2. The molecule has 1 aromatic heterocycles. The summed E-state index contributed by atoms with van der Waals surface area (Å²) in [5, 5.41) is 3.69. The van der Waals surface area contributed by atoms with E-state index in [-0.39, 0.29) is 5.91 Å². The Hall–Kier alpha value is -2.66. The number of anilines is 1. The van der Waals surface area contributed by atoms with E-state index in [1.54, 1.807) is 24.3 Å². The SMILES string of the molecule is CC(=O)n1cc(C(=O)Nc2cccc(F)c2)c2ccc(Cl)cc21. The van der Waals surface area contributed by atoms with E-state index in [2.05, 4.69) is 5.32 Å². The van der Waals surface area contributed by atoms with Gasteiger partial charge in [0, 0.05) is 29.2 Å². The summed E-state index contributed by atoms with van der Waals surface area (Å²) in [6.45, 7) is 1.40. The van der Waals surface area contributed by atoms with Gasteiger partial charge >= 0.3 is 0 Å². The van der Waals surface area contributed by atoms with Gasteiger partial charge in [-0.3, -0.25) is 14.2 Å². The molecule has 0 unspecified atom stereocenters. The number of nitrogens with one attached hydrogen (secondary N) is 1. The van der Waals surface area contributed by atoms with Gasteiger partial charge < -0.3 is 5.32 Å². The number of amides is 1. The first-order valence-electron chi connectivity index (χ1n) is 6.84. The fourth-order valence-corrected chi connectivity index (χ4v) is 2.57. The summed E-state index contributed by atoms with van der Waals surface area (Å²) in [6.07, 6.45) is 1.46. The summed E-state index contributed by atoms with van der Waals surface area (Å²) in [4.78, 5) is 24.2. The number of hydrogen-bond donors (Lipinski definition) is 1. The van der Waals surface area contributed by atoms with Crippen LogP contribution in [0, 0.1) is 5.82 Å². The van der Waals surface area contributed by atoms with Gasteiger partial charge in [0.2, 0.25) is 5.91 Å². The van der Waals surface area contributed by atoms with Crippen LogP contribution in [-0.2, 0) is 0 Å². The number of carbonyl (C=O) groups is 2. The van der Waals surface area contributed by atoms with Crippen molar-refractivity contribution >= 4 is 40.0 Å². The third-order valence-electron chi connectivity index (χ3n) is 3.43. The minimum absolute atomic E-state index is 0.234. The summed E-state index contributed by atoms with van der Waals surface area (Å²) in [7, 11) is 0. The molecule has 3 rings (SSSR count). The zero-order chi connectivity index (χ0) is 16.6. The second kappa shape index (κ2) is 5.85. The molecule has 0 spiro atoms. The van der Waals surface area contributed by atoms with Crippen LogP contribution in [0.15, 0.2) is 48.7 Å². The molecule has 0 aliphatic heterocycles. The van der Waals surface area contributed by atoms with Crippen molar-refractivity contribution in [2.75, 3.05) is 5.32 Å². The molecule has 0 fully saturated rings. The van der Waals surface area contributed by atoms with Gasteiger partial charge in [-0.25, -0.2) is 4.39 Å². The van der Waals surface area contributed by atoms with E-state index in [0.29, 0.717) is 27.2 Å². The Bertz CT molecular complexity index is 933. The Kier molecular flexibility index (Phi) is 3.88. The lowest BCUT2D eigenvalue weighted by Crippen LogP contribution is -2.12. The summed E-state index contributed by atoms with van der Waals surface area (Å²) >= 11 is 5.96. The number of aromatic nitrogens is 1. The number of fused-ring (bicyclic) bond motifs is 1. The van der Waals surface area contributed by atoms with E-state index < -0.39 is 11.7 Å². The van der Waals surface area contributed by atoms with Gasteiger partial charge in [-0.1, -0.05) is 23.7 Å². The second-order valence-electron chi connectivity index (χ2n) is 5.06. The first kappa shape index (κ1) is 15.2. The fourth-order valence-electron chi connectivity index (χ4n) is 2.41. The molecule has 23 heavy (non-hydrogen) atoms. The molecular weight excluding hydrogens is 319 g/mol. The average Bonchev–Trinajstić information content (AvgIpc) is 2.86. The van der Waals surface area contributed by atoms with Gasteiger partial charge in [-0.2, -0.15) is 0 Å². The van der Waals surface area contributed by atoms with E-state index in [1.807, 2.05) is 0 Å². The van der Waals surface area contributed by atoms with E-state index in [0.717, 1.165) is 0 Å². The molecule has 0 bridgehead atoms. The van der Waals surface area contributed by atoms with Gasteiger partial charge in [0.1, 0.15) is 5.82 Å².